The van der Waals surface area contributed by atoms with Gasteiger partial charge in [0.15, 0.2) is 0 Å². The number of anilines is 2. The van der Waals surface area contributed by atoms with Crippen LogP contribution in [0.25, 0.3) is 0 Å². The third-order valence-electron chi connectivity index (χ3n) is 9.01. The molecular formula is C28H36F2N4. The smallest absolute Gasteiger partial charge is 0.123 e. The average molecular weight is 467 g/mol. The lowest BCUT2D eigenvalue weighted by molar-refractivity contribution is 0.155. The Morgan fingerprint density at radius 3 is 1.12 bits per heavy atom. The van der Waals surface area contributed by atoms with Gasteiger partial charge in [0, 0.05) is 75.8 Å². The van der Waals surface area contributed by atoms with Crippen molar-refractivity contribution in [1.29, 1.82) is 0 Å². The average Bonchev–Trinajstić information content (AvgIpc) is 3.45. The van der Waals surface area contributed by atoms with Crippen LogP contribution in [0.2, 0.25) is 0 Å². The molecule has 0 N–H and O–H groups in total. The Morgan fingerprint density at radius 2 is 0.794 bits per heavy atom. The minimum Gasteiger partial charge on any atom is -0.369 e. The van der Waals surface area contributed by atoms with Gasteiger partial charge in [0.05, 0.1) is 0 Å². The predicted octanol–water partition coefficient (Wildman–Crippen LogP) is 4.47. The van der Waals surface area contributed by atoms with Gasteiger partial charge >= 0.3 is 0 Å². The molecule has 182 valence electrons. The third-order valence-corrected chi connectivity index (χ3v) is 9.01. The number of halogens is 2. The van der Waals surface area contributed by atoms with Gasteiger partial charge in [-0.05, 0) is 86.1 Å². The van der Waals surface area contributed by atoms with E-state index in [1.165, 1.54) is 25.7 Å². The molecule has 2 aliphatic heterocycles. The monoisotopic (exact) mass is 466 g/mol. The van der Waals surface area contributed by atoms with E-state index in [9.17, 15) is 8.78 Å². The van der Waals surface area contributed by atoms with Gasteiger partial charge in [0.2, 0.25) is 0 Å². The number of hydrogen-bond acceptors (Lipinski definition) is 4. The van der Waals surface area contributed by atoms with Crippen molar-refractivity contribution < 1.29 is 8.78 Å². The van der Waals surface area contributed by atoms with Crippen LogP contribution in [0.3, 0.4) is 0 Å². The first-order valence-electron chi connectivity index (χ1n) is 13.1. The van der Waals surface area contributed by atoms with Crippen LogP contribution in [0.4, 0.5) is 20.2 Å². The van der Waals surface area contributed by atoms with Crippen molar-refractivity contribution in [3.63, 3.8) is 0 Å². The number of benzene rings is 2. The summed E-state index contributed by atoms with van der Waals surface area (Å²) in [5.74, 6) is 1.46. The fraction of sp³-hybridized carbons (Fsp3) is 0.571. The molecule has 4 aliphatic rings. The Labute approximate surface area is 202 Å². The maximum atomic E-state index is 13.2. The third kappa shape index (κ3) is 4.55. The minimum atomic E-state index is -0.159. The molecule has 34 heavy (non-hydrogen) atoms. The van der Waals surface area contributed by atoms with Gasteiger partial charge in [-0.3, -0.25) is 9.80 Å². The molecular weight excluding hydrogens is 430 g/mol. The molecule has 4 nitrogen and oxygen atoms in total. The Morgan fingerprint density at radius 1 is 0.471 bits per heavy atom. The van der Waals surface area contributed by atoms with Crippen molar-refractivity contribution in [2.75, 3.05) is 62.2 Å². The summed E-state index contributed by atoms with van der Waals surface area (Å²) in [6.07, 6.45) is 5.47. The van der Waals surface area contributed by atoms with Crippen molar-refractivity contribution in [3.05, 3.63) is 60.2 Å². The summed E-state index contributed by atoms with van der Waals surface area (Å²) in [6, 6.07) is 15.4. The topological polar surface area (TPSA) is 13.0 Å². The van der Waals surface area contributed by atoms with E-state index in [-0.39, 0.29) is 11.6 Å². The minimum absolute atomic E-state index is 0.159. The van der Waals surface area contributed by atoms with E-state index in [2.05, 4.69) is 19.6 Å². The molecule has 0 bridgehead atoms. The highest BCUT2D eigenvalue weighted by atomic mass is 19.1. The number of fused-ring (bicyclic) bond motifs is 1. The maximum absolute atomic E-state index is 13.2. The van der Waals surface area contributed by atoms with Gasteiger partial charge in [0.1, 0.15) is 11.6 Å². The lowest BCUT2D eigenvalue weighted by Crippen LogP contribution is -2.51. The molecule has 0 radical (unpaired) electrons. The summed E-state index contributed by atoms with van der Waals surface area (Å²) in [4.78, 5) is 10.3. The van der Waals surface area contributed by atoms with Crippen molar-refractivity contribution in [1.82, 2.24) is 9.80 Å². The fourth-order valence-electron chi connectivity index (χ4n) is 7.14. The second-order valence-corrected chi connectivity index (χ2v) is 10.8. The molecule has 2 aromatic rings. The van der Waals surface area contributed by atoms with E-state index < -0.39 is 0 Å². The highest BCUT2D eigenvalue weighted by Crippen LogP contribution is 2.47. The number of piperazine rings is 2. The van der Waals surface area contributed by atoms with Crippen molar-refractivity contribution >= 4 is 11.4 Å². The zero-order valence-corrected chi connectivity index (χ0v) is 20.0. The van der Waals surface area contributed by atoms with Gasteiger partial charge in [-0.2, -0.15) is 0 Å². The highest BCUT2D eigenvalue weighted by Gasteiger charge is 2.45. The lowest BCUT2D eigenvalue weighted by atomic mass is 10.0. The van der Waals surface area contributed by atoms with Crippen molar-refractivity contribution in [3.8, 4) is 0 Å². The quantitative estimate of drug-likeness (QED) is 0.659. The van der Waals surface area contributed by atoms with Crippen LogP contribution >= 0.6 is 0 Å². The summed E-state index contributed by atoms with van der Waals surface area (Å²) in [5.41, 5.74) is 2.29. The van der Waals surface area contributed by atoms with Crippen LogP contribution in [-0.2, 0) is 0 Å². The van der Waals surface area contributed by atoms with Crippen LogP contribution in [0.5, 0.6) is 0 Å². The summed E-state index contributed by atoms with van der Waals surface area (Å²) in [5, 5.41) is 0. The fourth-order valence-corrected chi connectivity index (χ4v) is 7.14. The molecule has 0 unspecified atom stereocenters. The Balaban J connectivity index is 0.962. The van der Waals surface area contributed by atoms with E-state index in [1.807, 2.05) is 24.3 Å². The largest absolute Gasteiger partial charge is 0.369 e. The second-order valence-electron chi connectivity index (χ2n) is 10.8. The molecule has 0 amide bonds. The second kappa shape index (κ2) is 9.46. The Hall–Kier alpha value is -2.18. The molecule has 2 saturated heterocycles. The Bertz CT molecular complexity index is 858. The lowest BCUT2D eigenvalue weighted by Gasteiger charge is -2.41. The maximum Gasteiger partial charge on any atom is 0.123 e. The number of nitrogens with zero attached hydrogens (tertiary/aromatic N) is 4. The normalized spacial score (nSPS) is 30.6. The van der Waals surface area contributed by atoms with Crippen LogP contribution in [0, 0.1) is 23.5 Å². The molecule has 2 aromatic carbocycles. The highest BCUT2D eigenvalue weighted by molar-refractivity contribution is 5.47. The molecule has 4 fully saturated rings. The summed E-state index contributed by atoms with van der Waals surface area (Å²) in [6.45, 7) is 8.65. The van der Waals surface area contributed by atoms with Gasteiger partial charge in [-0.25, -0.2) is 8.78 Å². The van der Waals surface area contributed by atoms with Crippen LogP contribution in [-0.4, -0.2) is 74.2 Å². The molecule has 0 aromatic heterocycles. The molecule has 6 heteroatoms. The molecule has 2 saturated carbocycles. The molecule has 2 heterocycles. The van der Waals surface area contributed by atoms with Gasteiger partial charge in [0.25, 0.3) is 0 Å². The standard InChI is InChI=1S/C28H36F2N4/c29-23-1-5-25(6-2-23)31-9-13-33(14-10-31)27-17-21-19-28(20-22(21)18-27)34-15-11-32(12-16-34)26-7-3-24(30)4-8-26/h1-8,21-22,27-28H,9-20H2. The van der Waals surface area contributed by atoms with Crippen LogP contribution in [0.1, 0.15) is 25.7 Å². The van der Waals surface area contributed by atoms with E-state index in [4.69, 9.17) is 0 Å². The zero-order chi connectivity index (χ0) is 23.1. The van der Waals surface area contributed by atoms with Crippen molar-refractivity contribution in [2.45, 2.75) is 37.8 Å². The van der Waals surface area contributed by atoms with E-state index in [0.29, 0.717) is 0 Å². The first kappa shape index (κ1) is 22.3. The van der Waals surface area contributed by atoms with Crippen molar-refractivity contribution in [2.24, 2.45) is 11.8 Å². The summed E-state index contributed by atoms with van der Waals surface area (Å²) < 4.78 is 26.5. The zero-order valence-electron chi connectivity index (χ0n) is 20.0. The van der Waals surface area contributed by atoms with Gasteiger partial charge < -0.3 is 9.80 Å². The number of rotatable bonds is 4. The van der Waals surface area contributed by atoms with E-state index in [0.717, 1.165) is 87.7 Å². The van der Waals surface area contributed by atoms with Crippen LogP contribution < -0.4 is 9.80 Å². The van der Waals surface area contributed by atoms with E-state index in [1.54, 1.807) is 24.3 Å². The number of hydrogen-bond donors (Lipinski definition) is 0. The first-order chi connectivity index (χ1) is 16.6. The van der Waals surface area contributed by atoms with Gasteiger partial charge in [-0.15, -0.1) is 0 Å². The molecule has 2 aliphatic carbocycles. The van der Waals surface area contributed by atoms with Gasteiger partial charge in [-0.1, -0.05) is 0 Å². The first-order valence-corrected chi connectivity index (χ1v) is 13.1. The SMILES string of the molecule is Fc1ccc(N2CCN(C3CC4CC(N5CCN(c6ccc(F)cc6)CC5)CC4C3)CC2)cc1. The van der Waals surface area contributed by atoms with Crippen LogP contribution in [0.15, 0.2) is 48.5 Å². The molecule has 6 rings (SSSR count). The summed E-state index contributed by atoms with van der Waals surface area (Å²) >= 11 is 0. The summed E-state index contributed by atoms with van der Waals surface area (Å²) in [7, 11) is 0. The van der Waals surface area contributed by atoms with E-state index >= 15 is 0 Å². The molecule has 0 atom stereocenters. The predicted molar refractivity (Wildman–Crippen MR) is 133 cm³/mol. The molecule has 0 spiro atoms. The Kier molecular flexibility index (Phi) is 6.20.